The summed E-state index contributed by atoms with van der Waals surface area (Å²) in [5.74, 6) is 1.35. The number of aromatic nitrogens is 4. The van der Waals surface area contributed by atoms with Crippen molar-refractivity contribution in [2.75, 3.05) is 5.32 Å². The van der Waals surface area contributed by atoms with Crippen LogP contribution in [0.2, 0.25) is 0 Å². The molecule has 0 bridgehead atoms. The van der Waals surface area contributed by atoms with Crippen molar-refractivity contribution in [1.82, 2.24) is 19.9 Å². The Bertz CT molecular complexity index is 1150. The number of para-hydroxylation sites is 1. The molecule has 4 aromatic rings. The normalized spacial score (nSPS) is 15.1. The van der Waals surface area contributed by atoms with E-state index >= 15 is 0 Å². The Hall–Kier alpha value is -3.19. The summed E-state index contributed by atoms with van der Waals surface area (Å²) in [7, 11) is 0. The smallest absolute Gasteiger partial charge is 0.227 e. The van der Waals surface area contributed by atoms with Crippen LogP contribution >= 0.6 is 0 Å². The lowest BCUT2D eigenvalue weighted by atomic mass is 9.98. The quantitative estimate of drug-likeness (QED) is 0.468. The molecule has 5 rings (SSSR count). The number of benzene rings is 2. The van der Waals surface area contributed by atoms with Crippen LogP contribution in [-0.4, -0.2) is 26.0 Å². The van der Waals surface area contributed by atoms with E-state index in [1.807, 2.05) is 36.5 Å². The summed E-state index contributed by atoms with van der Waals surface area (Å²) < 4.78 is 6.31. The van der Waals surface area contributed by atoms with Crippen molar-refractivity contribution in [2.24, 2.45) is 5.73 Å². The third kappa shape index (κ3) is 3.61. The number of rotatable bonds is 5. The average Bonchev–Trinajstić information content (AvgIpc) is 3.23. The van der Waals surface area contributed by atoms with Gasteiger partial charge in [0.05, 0.1) is 23.5 Å². The van der Waals surface area contributed by atoms with Crippen molar-refractivity contribution in [3.63, 3.8) is 0 Å². The average molecular weight is 388 g/mol. The summed E-state index contributed by atoms with van der Waals surface area (Å²) in [6.45, 7) is 0.412. The maximum absolute atomic E-state index is 6.31. The zero-order valence-corrected chi connectivity index (χ0v) is 16.2. The molecule has 4 N–H and O–H groups in total. The van der Waals surface area contributed by atoms with Crippen molar-refractivity contribution in [3.8, 4) is 5.75 Å². The summed E-state index contributed by atoms with van der Waals surface area (Å²) in [4.78, 5) is 16.7. The largest absolute Gasteiger partial charge is 0.488 e. The van der Waals surface area contributed by atoms with Crippen LogP contribution in [0.5, 0.6) is 5.75 Å². The lowest BCUT2D eigenvalue weighted by molar-refractivity contribution is 0.157. The zero-order chi connectivity index (χ0) is 19.6. The first kappa shape index (κ1) is 17.9. The SMILES string of the molecule is NCc1cc(Nc2ncc3cccc(OC4CCCCC4)c3n2)cc2[nH]cnc12. The van der Waals surface area contributed by atoms with Gasteiger partial charge in [0, 0.05) is 23.8 Å². The number of aromatic amines is 1. The van der Waals surface area contributed by atoms with Gasteiger partial charge in [0.1, 0.15) is 11.3 Å². The fourth-order valence-corrected chi connectivity index (χ4v) is 4.03. The van der Waals surface area contributed by atoms with E-state index in [2.05, 4.69) is 20.3 Å². The predicted octanol–water partition coefficient (Wildman–Crippen LogP) is 4.42. The molecule has 0 amide bonds. The van der Waals surface area contributed by atoms with Crippen molar-refractivity contribution in [3.05, 3.63) is 48.4 Å². The van der Waals surface area contributed by atoms with E-state index < -0.39 is 0 Å². The van der Waals surface area contributed by atoms with Crippen LogP contribution in [0.15, 0.2) is 42.9 Å². The van der Waals surface area contributed by atoms with Gasteiger partial charge in [-0.3, -0.25) is 0 Å². The molecule has 1 aliphatic carbocycles. The summed E-state index contributed by atoms with van der Waals surface area (Å²) in [6, 6.07) is 9.98. The van der Waals surface area contributed by atoms with Crippen molar-refractivity contribution in [1.29, 1.82) is 0 Å². The van der Waals surface area contributed by atoms with Gasteiger partial charge < -0.3 is 20.8 Å². The molecule has 2 aromatic heterocycles. The van der Waals surface area contributed by atoms with Gasteiger partial charge in [-0.1, -0.05) is 18.6 Å². The van der Waals surface area contributed by atoms with Crippen LogP contribution in [0, 0.1) is 0 Å². The Morgan fingerprint density at radius 2 is 2.00 bits per heavy atom. The molecule has 29 heavy (non-hydrogen) atoms. The molecule has 7 nitrogen and oxygen atoms in total. The van der Waals surface area contributed by atoms with Crippen molar-refractivity contribution >= 4 is 33.6 Å². The van der Waals surface area contributed by atoms with Gasteiger partial charge in [0.15, 0.2) is 0 Å². The molecule has 0 unspecified atom stereocenters. The van der Waals surface area contributed by atoms with Gasteiger partial charge >= 0.3 is 0 Å². The highest BCUT2D eigenvalue weighted by Crippen LogP contribution is 2.30. The van der Waals surface area contributed by atoms with Crippen LogP contribution in [0.25, 0.3) is 21.9 Å². The van der Waals surface area contributed by atoms with Gasteiger partial charge in [0.2, 0.25) is 5.95 Å². The lowest BCUT2D eigenvalue weighted by Crippen LogP contribution is -2.19. The molecule has 1 saturated carbocycles. The topological polar surface area (TPSA) is 102 Å². The highest BCUT2D eigenvalue weighted by Gasteiger charge is 2.17. The minimum Gasteiger partial charge on any atom is -0.488 e. The molecule has 2 aromatic carbocycles. The van der Waals surface area contributed by atoms with E-state index in [0.717, 1.165) is 51.8 Å². The molecule has 2 heterocycles. The second-order valence-electron chi connectivity index (χ2n) is 7.53. The number of imidazole rings is 1. The standard InChI is InChI=1S/C22H24N6O/c23-11-15-9-16(10-18-20(15)26-13-25-18)27-22-24-12-14-5-4-8-19(21(14)28-22)29-17-6-2-1-3-7-17/h4-5,8-10,12-13,17H,1-3,6-7,11,23H2,(H,25,26)(H,24,27,28). The van der Waals surface area contributed by atoms with E-state index in [0.29, 0.717) is 12.5 Å². The van der Waals surface area contributed by atoms with Crippen molar-refractivity contribution in [2.45, 2.75) is 44.8 Å². The van der Waals surface area contributed by atoms with Crippen LogP contribution < -0.4 is 15.8 Å². The second kappa shape index (κ2) is 7.67. The molecule has 0 saturated heterocycles. The van der Waals surface area contributed by atoms with E-state index in [1.165, 1.54) is 19.3 Å². The monoisotopic (exact) mass is 388 g/mol. The van der Waals surface area contributed by atoms with Gasteiger partial charge in [-0.2, -0.15) is 0 Å². The molecule has 1 aliphatic rings. The Balaban J connectivity index is 1.47. The number of ether oxygens (including phenoxy) is 1. The molecular formula is C22H24N6O. The second-order valence-corrected chi connectivity index (χ2v) is 7.53. The molecule has 0 aliphatic heterocycles. The number of fused-ring (bicyclic) bond motifs is 2. The fraction of sp³-hybridized carbons (Fsp3) is 0.318. The Kier molecular flexibility index (Phi) is 4.73. The molecular weight excluding hydrogens is 364 g/mol. The van der Waals surface area contributed by atoms with Gasteiger partial charge in [-0.05, 0) is 49.4 Å². The zero-order valence-electron chi connectivity index (χ0n) is 16.2. The lowest BCUT2D eigenvalue weighted by Gasteiger charge is -2.23. The fourth-order valence-electron chi connectivity index (χ4n) is 4.03. The number of hydrogen-bond donors (Lipinski definition) is 3. The number of nitrogens with one attached hydrogen (secondary N) is 2. The predicted molar refractivity (Wildman–Crippen MR) is 114 cm³/mol. The molecule has 0 atom stereocenters. The van der Waals surface area contributed by atoms with E-state index in [4.69, 9.17) is 15.5 Å². The summed E-state index contributed by atoms with van der Waals surface area (Å²) >= 11 is 0. The molecule has 7 heteroatoms. The summed E-state index contributed by atoms with van der Waals surface area (Å²) in [5.41, 5.74) is 10.4. The van der Waals surface area contributed by atoms with Crippen molar-refractivity contribution < 1.29 is 4.74 Å². The first-order valence-electron chi connectivity index (χ1n) is 10.2. The molecule has 1 fully saturated rings. The van der Waals surface area contributed by atoms with Crippen LogP contribution in [-0.2, 0) is 6.54 Å². The maximum atomic E-state index is 6.31. The number of anilines is 2. The van der Waals surface area contributed by atoms with E-state index in [-0.39, 0.29) is 6.10 Å². The van der Waals surface area contributed by atoms with Crippen LogP contribution in [0.4, 0.5) is 11.6 Å². The Morgan fingerprint density at radius 1 is 1.10 bits per heavy atom. The van der Waals surface area contributed by atoms with E-state index in [9.17, 15) is 0 Å². The third-order valence-corrected chi connectivity index (χ3v) is 5.50. The third-order valence-electron chi connectivity index (χ3n) is 5.50. The number of hydrogen-bond acceptors (Lipinski definition) is 6. The highest BCUT2D eigenvalue weighted by molar-refractivity contribution is 5.86. The summed E-state index contributed by atoms with van der Waals surface area (Å²) in [5, 5.41) is 4.27. The Labute approximate surface area is 168 Å². The number of nitrogens with zero attached hydrogens (tertiary/aromatic N) is 3. The minimum absolute atomic E-state index is 0.274. The number of nitrogens with two attached hydrogens (primary N) is 1. The Morgan fingerprint density at radius 3 is 2.86 bits per heavy atom. The first-order chi connectivity index (χ1) is 14.3. The highest BCUT2D eigenvalue weighted by atomic mass is 16.5. The van der Waals surface area contributed by atoms with Gasteiger partial charge in [-0.15, -0.1) is 0 Å². The summed E-state index contributed by atoms with van der Waals surface area (Å²) in [6.07, 6.45) is 9.77. The minimum atomic E-state index is 0.274. The molecule has 148 valence electrons. The maximum Gasteiger partial charge on any atom is 0.227 e. The van der Waals surface area contributed by atoms with Gasteiger partial charge in [-0.25, -0.2) is 15.0 Å². The number of H-pyrrole nitrogens is 1. The molecule has 0 radical (unpaired) electrons. The van der Waals surface area contributed by atoms with Crippen LogP contribution in [0.3, 0.4) is 0 Å². The van der Waals surface area contributed by atoms with E-state index in [1.54, 1.807) is 6.33 Å². The van der Waals surface area contributed by atoms with Crippen LogP contribution in [0.1, 0.15) is 37.7 Å². The first-order valence-corrected chi connectivity index (χ1v) is 10.2. The van der Waals surface area contributed by atoms with Gasteiger partial charge in [0.25, 0.3) is 0 Å². The molecule has 0 spiro atoms.